The number of aliphatic hydroxyl groups excluding tert-OH is 1. The number of anilines is 1. The van der Waals surface area contributed by atoms with Gasteiger partial charge in [-0.05, 0) is 48.2 Å². The number of aryl methyl sites for hydroxylation is 1. The number of ketones is 1. The fourth-order valence-corrected chi connectivity index (χ4v) is 5.49. The molecule has 6 nitrogen and oxygen atoms in total. The summed E-state index contributed by atoms with van der Waals surface area (Å²) in [5, 5.41) is 13.5. The molecule has 0 saturated heterocycles. The van der Waals surface area contributed by atoms with Crippen LogP contribution in [0.2, 0.25) is 5.02 Å². The quantitative estimate of drug-likeness (QED) is 0.398. The highest BCUT2D eigenvalue weighted by molar-refractivity contribution is 7.22. The molecule has 1 atom stereocenters. The summed E-state index contributed by atoms with van der Waals surface area (Å²) in [7, 11) is 0. The van der Waals surface area contributed by atoms with E-state index in [9.17, 15) is 14.7 Å². The van der Waals surface area contributed by atoms with Crippen molar-refractivity contribution < 1.29 is 19.1 Å². The van der Waals surface area contributed by atoms with Crippen LogP contribution in [0, 0.1) is 6.92 Å². The van der Waals surface area contributed by atoms with E-state index in [2.05, 4.69) is 4.98 Å². The normalized spacial score (nSPS) is 16.8. The van der Waals surface area contributed by atoms with Gasteiger partial charge in [-0.1, -0.05) is 29.0 Å². The highest BCUT2D eigenvalue weighted by atomic mass is 35.5. The van der Waals surface area contributed by atoms with Crippen LogP contribution in [-0.2, 0) is 4.79 Å². The minimum absolute atomic E-state index is 0.0223. The third-order valence-corrected chi connectivity index (χ3v) is 7.22. The molecule has 1 unspecified atom stereocenters. The first-order chi connectivity index (χ1) is 14.5. The van der Waals surface area contributed by atoms with Gasteiger partial charge in [0.2, 0.25) is 5.78 Å². The number of furan rings is 1. The minimum Gasteiger partial charge on any atom is -0.503 e. The van der Waals surface area contributed by atoms with Crippen LogP contribution in [-0.4, -0.2) is 21.8 Å². The molecule has 3 aromatic heterocycles. The predicted molar refractivity (Wildman–Crippen MR) is 117 cm³/mol. The number of thiazole rings is 1. The van der Waals surface area contributed by atoms with Crippen molar-refractivity contribution in [1.29, 1.82) is 0 Å². The SMILES string of the molecule is Cc1cc2sc(N3C(=O)C(O)=C(C(=O)c4ccco4)C3c3cccs3)nc2cc1Cl. The van der Waals surface area contributed by atoms with Crippen molar-refractivity contribution in [2.24, 2.45) is 0 Å². The van der Waals surface area contributed by atoms with E-state index < -0.39 is 23.5 Å². The van der Waals surface area contributed by atoms with Crippen LogP contribution in [0.25, 0.3) is 10.2 Å². The molecule has 0 bridgehead atoms. The molecular weight excluding hydrogens is 444 g/mol. The van der Waals surface area contributed by atoms with Crippen molar-refractivity contribution in [3.63, 3.8) is 0 Å². The Hall–Kier alpha value is -2.94. The molecule has 1 aliphatic rings. The van der Waals surface area contributed by atoms with Crippen LogP contribution >= 0.6 is 34.3 Å². The largest absolute Gasteiger partial charge is 0.503 e. The van der Waals surface area contributed by atoms with Gasteiger partial charge in [-0.15, -0.1) is 11.3 Å². The second-order valence-corrected chi connectivity index (χ2v) is 9.12. The molecule has 0 radical (unpaired) electrons. The molecule has 0 saturated carbocycles. The fraction of sp³-hybridized carbons (Fsp3) is 0.0952. The summed E-state index contributed by atoms with van der Waals surface area (Å²) < 4.78 is 6.08. The lowest BCUT2D eigenvalue weighted by Crippen LogP contribution is -2.30. The lowest BCUT2D eigenvalue weighted by molar-refractivity contribution is -0.117. The molecule has 1 aliphatic heterocycles. The summed E-state index contributed by atoms with van der Waals surface area (Å²) in [5.41, 5.74) is 1.52. The second-order valence-electron chi connectivity index (χ2n) is 6.73. The van der Waals surface area contributed by atoms with Crippen LogP contribution in [0.5, 0.6) is 0 Å². The number of nitrogens with zero attached hydrogens (tertiary/aromatic N) is 2. The van der Waals surface area contributed by atoms with Gasteiger partial charge in [0.05, 0.1) is 22.1 Å². The second kappa shape index (κ2) is 7.09. The van der Waals surface area contributed by atoms with E-state index >= 15 is 0 Å². The molecule has 0 fully saturated rings. The Labute approximate surface area is 183 Å². The predicted octanol–water partition coefficient (Wildman–Crippen LogP) is 5.70. The Bertz CT molecular complexity index is 1280. The number of amides is 1. The van der Waals surface area contributed by atoms with E-state index in [1.807, 2.05) is 30.5 Å². The summed E-state index contributed by atoms with van der Waals surface area (Å²) in [6.07, 6.45) is 1.37. The maximum Gasteiger partial charge on any atom is 0.296 e. The van der Waals surface area contributed by atoms with Crippen LogP contribution in [0.1, 0.15) is 27.0 Å². The standard InChI is InChI=1S/C21H13ClN2O4S2/c1-10-8-15-12(9-11(10)22)23-21(30-15)24-17(14-5-3-7-29-14)16(19(26)20(24)27)18(25)13-4-2-6-28-13/h2-9,17,26H,1H3. The molecular formula is C21H13ClN2O4S2. The molecule has 4 aromatic rings. The van der Waals surface area contributed by atoms with Gasteiger partial charge >= 0.3 is 0 Å². The first-order valence-corrected chi connectivity index (χ1v) is 11.0. The molecule has 150 valence electrons. The number of Topliss-reactive ketones (excluding diaryl/α,β-unsaturated/α-hetero) is 1. The zero-order chi connectivity index (χ0) is 21.0. The van der Waals surface area contributed by atoms with Gasteiger partial charge in [-0.25, -0.2) is 4.98 Å². The summed E-state index contributed by atoms with van der Waals surface area (Å²) in [6, 6.07) is 9.58. The van der Waals surface area contributed by atoms with E-state index in [0.717, 1.165) is 15.1 Å². The minimum atomic E-state index is -0.799. The molecule has 30 heavy (non-hydrogen) atoms. The number of carbonyl (C=O) groups excluding carboxylic acids is 2. The van der Waals surface area contributed by atoms with Gasteiger partial charge in [0.15, 0.2) is 16.7 Å². The number of fused-ring (bicyclic) bond motifs is 1. The zero-order valence-corrected chi connectivity index (χ0v) is 17.8. The third kappa shape index (κ3) is 2.87. The van der Waals surface area contributed by atoms with E-state index in [-0.39, 0.29) is 11.3 Å². The van der Waals surface area contributed by atoms with Gasteiger partial charge < -0.3 is 9.52 Å². The lowest BCUT2D eigenvalue weighted by atomic mass is 10.0. The van der Waals surface area contributed by atoms with Gasteiger partial charge in [0.1, 0.15) is 6.04 Å². The van der Waals surface area contributed by atoms with Gasteiger partial charge in [-0.3, -0.25) is 14.5 Å². The number of aliphatic hydroxyl groups is 1. The number of aromatic nitrogens is 1. The van der Waals surface area contributed by atoms with E-state index in [1.165, 1.54) is 39.9 Å². The summed E-state index contributed by atoms with van der Waals surface area (Å²) >= 11 is 8.91. The first-order valence-electron chi connectivity index (χ1n) is 8.90. The Morgan fingerprint density at radius 2 is 2.13 bits per heavy atom. The van der Waals surface area contributed by atoms with Crippen molar-refractivity contribution in [1.82, 2.24) is 4.98 Å². The molecule has 5 rings (SSSR count). The first kappa shape index (κ1) is 19.0. The van der Waals surface area contributed by atoms with Crippen LogP contribution < -0.4 is 4.90 Å². The number of rotatable bonds is 4. The Morgan fingerprint density at radius 1 is 1.30 bits per heavy atom. The number of halogens is 1. The summed E-state index contributed by atoms with van der Waals surface area (Å²) in [4.78, 5) is 32.8. The smallest absolute Gasteiger partial charge is 0.296 e. The highest BCUT2D eigenvalue weighted by Gasteiger charge is 2.46. The average Bonchev–Trinajstić information content (AvgIpc) is 3.50. The van der Waals surface area contributed by atoms with E-state index in [1.54, 1.807) is 12.1 Å². The highest BCUT2D eigenvalue weighted by Crippen LogP contribution is 2.45. The van der Waals surface area contributed by atoms with Crippen LogP contribution in [0.3, 0.4) is 0 Å². The number of hydrogen-bond donors (Lipinski definition) is 1. The van der Waals surface area contributed by atoms with Crippen LogP contribution in [0.4, 0.5) is 5.13 Å². The molecule has 4 heterocycles. The van der Waals surface area contributed by atoms with Crippen molar-refractivity contribution in [3.05, 3.63) is 80.6 Å². The Balaban J connectivity index is 1.67. The fourth-order valence-electron chi connectivity index (χ4n) is 3.43. The van der Waals surface area contributed by atoms with E-state index in [4.69, 9.17) is 16.0 Å². The molecule has 1 amide bonds. The lowest BCUT2D eigenvalue weighted by Gasteiger charge is -2.22. The topological polar surface area (TPSA) is 83.6 Å². The Morgan fingerprint density at radius 3 is 2.83 bits per heavy atom. The Kier molecular flexibility index (Phi) is 4.50. The van der Waals surface area contributed by atoms with Crippen molar-refractivity contribution >= 4 is 61.3 Å². The van der Waals surface area contributed by atoms with Crippen molar-refractivity contribution in [2.45, 2.75) is 13.0 Å². The molecule has 0 spiro atoms. The number of thiophene rings is 1. The molecule has 0 aliphatic carbocycles. The van der Waals surface area contributed by atoms with Gasteiger partial charge in [-0.2, -0.15) is 0 Å². The van der Waals surface area contributed by atoms with Crippen molar-refractivity contribution in [2.75, 3.05) is 4.90 Å². The van der Waals surface area contributed by atoms with Gasteiger partial charge in [0.25, 0.3) is 5.91 Å². The van der Waals surface area contributed by atoms with Crippen molar-refractivity contribution in [3.8, 4) is 0 Å². The number of hydrogen-bond acceptors (Lipinski definition) is 7. The number of benzene rings is 1. The summed E-state index contributed by atoms with van der Waals surface area (Å²) in [5.74, 6) is -1.75. The molecule has 1 aromatic carbocycles. The monoisotopic (exact) mass is 456 g/mol. The maximum atomic E-state index is 13.1. The van der Waals surface area contributed by atoms with Crippen LogP contribution in [0.15, 0.2) is 63.8 Å². The van der Waals surface area contributed by atoms with E-state index in [0.29, 0.717) is 15.7 Å². The van der Waals surface area contributed by atoms with Gasteiger partial charge in [0, 0.05) is 9.90 Å². The average molecular weight is 457 g/mol. The molecule has 1 N–H and O–H groups in total. The zero-order valence-electron chi connectivity index (χ0n) is 15.5. The number of carbonyl (C=O) groups is 2. The maximum absolute atomic E-state index is 13.1. The summed E-state index contributed by atoms with van der Waals surface area (Å²) in [6.45, 7) is 1.89. The third-order valence-electron chi connectivity index (χ3n) is 4.87. The molecule has 9 heteroatoms.